The van der Waals surface area contributed by atoms with Crippen molar-refractivity contribution in [1.82, 2.24) is 5.32 Å². The van der Waals surface area contributed by atoms with Gasteiger partial charge in [0.15, 0.2) is 0 Å². The molecule has 1 rings (SSSR count). The van der Waals surface area contributed by atoms with Crippen molar-refractivity contribution < 1.29 is 19.1 Å². The average Bonchev–Trinajstić information content (AvgIpc) is 2.33. The maximum absolute atomic E-state index is 13.6. The maximum atomic E-state index is 13.6. The zero-order valence-electron chi connectivity index (χ0n) is 10.5. The molecule has 0 fully saturated rings. The van der Waals surface area contributed by atoms with Crippen LogP contribution in [0.15, 0.2) is 22.7 Å². The van der Waals surface area contributed by atoms with Gasteiger partial charge in [-0.2, -0.15) is 0 Å². The first-order chi connectivity index (χ1) is 8.95. The van der Waals surface area contributed by atoms with Crippen molar-refractivity contribution in [3.63, 3.8) is 0 Å². The summed E-state index contributed by atoms with van der Waals surface area (Å²) >= 11 is 3.09. The fraction of sp³-hybridized carbons (Fsp3) is 0.385. The fourth-order valence-corrected chi connectivity index (χ4v) is 1.91. The lowest BCUT2D eigenvalue weighted by molar-refractivity contribution is -0.139. The molecule has 0 bridgehead atoms. The van der Waals surface area contributed by atoms with Crippen LogP contribution in [-0.4, -0.2) is 23.0 Å². The first-order valence-corrected chi connectivity index (χ1v) is 6.73. The minimum absolute atomic E-state index is 0.161. The number of unbranched alkanes of at least 4 members (excludes halogenated alkanes) is 1. The van der Waals surface area contributed by atoms with Gasteiger partial charge in [0, 0.05) is 4.47 Å². The Kier molecular flexibility index (Phi) is 5.95. The summed E-state index contributed by atoms with van der Waals surface area (Å²) in [6.07, 6.45) is 1.84. The monoisotopic (exact) mass is 331 g/mol. The first-order valence-electron chi connectivity index (χ1n) is 5.94. The minimum Gasteiger partial charge on any atom is -0.480 e. The van der Waals surface area contributed by atoms with Crippen LogP contribution in [-0.2, 0) is 4.79 Å². The Morgan fingerprint density at radius 3 is 2.68 bits per heavy atom. The van der Waals surface area contributed by atoms with Crippen LogP contribution in [0, 0.1) is 5.82 Å². The van der Waals surface area contributed by atoms with Crippen LogP contribution in [0.4, 0.5) is 4.39 Å². The molecule has 19 heavy (non-hydrogen) atoms. The van der Waals surface area contributed by atoms with Crippen LogP contribution < -0.4 is 5.32 Å². The summed E-state index contributed by atoms with van der Waals surface area (Å²) in [4.78, 5) is 22.8. The third-order valence-electron chi connectivity index (χ3n) is 2.63. The Morgan fingerprint density at radius 1 is 1.47 bits per heavy atom. The van der Waals surface area contributed by atoms with E-state index in [1.165, 1.54) is 12.1 Å². The van der Waals surface area contributed by atoms with E-state index in [-0.39, 0.29) is 5.56 Å². The Morgan fingerprint density at radius 2 is 2.16 bits per heavy atom. The second-order valence-electron chi connectivity index (χ2n) is 4.13. The van der Waals surface area contributed by atoms with Gasteiger partial charge in [-0.25, -0.2) is 9.18 Å². The van der Waals surface area contributed by atoms with Crippen molar-refractivity contribution in [3.8, 4) is 0 Å². The van der Waals surface area contributed by atoms with Crippen molar-refractivity contribution in [2.45, 2.75) is 32.2 Å². The molecule has 0 aliphatic heterocycles. The van der Waals surface area contributed by atoms with Gasteiger partial charge >= 0.3 is 5.97 Å². The third-order valence-corrected chi connectivity index (χ3v) is 3.12. The van der Waals surface area contributed by atoms with E-state index in [2.05, 4.69) is 21.2 Å². The predicted molar refractivity (Wildman–Crippen MR) is 72.5 cm³/mol. The van der Waals surface area contributed by atoms with Crippen molar-refractivity contribution in [2.75, 3.05) is 0 Å². The molecule has 4 nitrogen and oxygen atoms in total. The number of benzene rings is 1. The van der Waals surface area contributed by atoms with Crippen LogP contribution in [0.5, 0.6) is 0 Å². The highest BCUT2D eigenvalue weighted by molar-refractivity contribution is 9.10. The first kappa shape index (κ1) is 15.6. The smallest absolute Gasteiger partial charge is 0.326 e. The molecular formula is C13H15BrFNO3. The number of carbonyl (C=O) groups excluding carboxylic acids is 1. The SMILES string of the molecule is CCCCC(NC(=O)c1ccc(Br)cc1F)C(=O)O. The molecule has 6 heteroatoms. The van der Waals surface area contributed by atoms with Gasteiger partial charge in [-0.1, -0.05) is 35.7 Å². The van der Waals surface area contributed by atoms with Crippen LogP contribution >= 0.6 is 15.9 Å². The molecule has 1 aromatic carbocycles. The lowest BCUT2D eigenvalue weighted by atomic mass is 10.1. The van der Waals surface area contributed by atoms with Gasteiger partial charge in [-0.05, 0) is 24.6 Å². The Balaban J connectivity index is 2.78. The highest BCUT2D eigenvalue weighted by atomic mass is 79.9. The van der Waals surface area contributed by atoms with Gasteiger partial charge < -0.3 is 10.4 Å². The van der Waals surface area contributed by atoms with Gasteiger partial charge in [0.2, 0.25) is 0 Å². The van der Waals surface area contributed by atoms with E-state index in [0.29, 0.717) is 17.3 Å². The third kappa shape index (κ3) is 4.63. The number of amides is 1. The topological polar surface area (TPSA) is 66.4 Å². The summed E-state index contributed by atoms with van der Waals surface area (Å²) in [7, 11) is 0. The van der Waals surface area contributed by atoms with Crippen LogP contribution in [0.3, 0.4) is 0 Å². The minimum atomic E-state index is -1.11. The molecule has 0 saturated heterocycles. The van der Waals surface area contributed by atoms with Gasteiger partial charge in [-0.15, -0.1) is 0 Å². The molecule has 1 aromatic rings. The highest BCUT2D eigenvalue weighted by Gasteiger charge is 2.21. The zero-order chi connectivity index (χ0) is 14.4. The quantitative estimate of drug-likeness (QED) is 0.842. The van der Waals surface area contributed by atoms with E-state index >= 15 is 0 Å². The fourth-order valence-electron chi connectivity index (χ4n) is 1.58. The second kappa shape index (κ2) is 7.23. The van der Waals surface area contributed by atoms with Crippen LogP contribution in [0.2, 0.25) is 0 Å². The van der Waals surface area contributed by atoms with Crippen LogP contribution in [0.25, 0.3) is 0 Å². The number of halogens is 2. The molecule has 0 spiro atoms. The highest BCUT2D eigenvalue weighted by Crippen LogP contribution is 2.15. The van der Waals surface area contributed by atoms with E-state index in [4.69, 9.17) is 5.11 Å². The van der Waals surface area contributed by atoms with E-state index in [0.717, 1.165) is 12.5 Å². The number of rotatable bonds is 6. The average molecular weight is 332 g/mol. The second-order valence-corrected chi connectivity index (χ2v) is 5.05. The van der Waals surface area contributed by atoms with Gasteiger partial charge in [0.05, 0.1) is 5.56 Å². The number of nitrogens with one attached hydrogen (secondary N) is 1. The summed E-state index contributed by atoms with van der Waals surface area (Å²) in [5, 5.41) is 11.3. The predicted octanol–water partition coefficient (Wildman–Crippen LogP) is 2.96. The largest absolute Gasteiger partial charge is 0.480 e. The number of hydrogen-bond acceptors (Lipinski definition) is 2. The lowest BCUT2D eigenvalue weighted by Gasteiger charge is -2.14. The normalized spacial score (nSPS) is 11.9. The van der Waals surface area contributed by atoms with Crippen molar-refractivity contribution in [1.29, 1.82) is 0 Å². The summed E-state index contributed by atoms with van der Waals surface area (Å²) in [6, 6.07) is 3.01. The molecule has 0 heterocycles. The van der Waals surface area contributed by atoms with Gasteiger partial charge in [0.25, 0.3) is 5.91 Å². The van der Waals surface area contributed by atoms with Crippen molar-refractivity contribution in [3.05, 3.63) is 34.1 Å². The molecule has 0 aliphatic carbocycles. The Labute approximate surface area is 119 Å². The number of hydrogen-bond donors (Lipinski definition) is 2. The summed E-state index contributed by atoms with van der Waals surface area (Å²) in [5.41, 5.74) is -0.161. The van der Waals surface area contributed by atoms with E-state index < -0.39 is 23.7 Å². The zero-order valence-corrected chi connectivity index (χ0v) is 12.0. The molecule has 0 radical (unpaired) electrons. The van der Waals surface area contributed by atoms with Crippen LogP contribution in [0.1, 0.15) is 36.5 Å². The van der Waals surface area contributed by atoms with E-state index in [1.807, 2.05) is 6.92 Å². The number of carboxylic acid groups (broad SMARTS) is 1. The van der Waals surface area contributed by atoms with Gasteiger partial charge in [-0.3, -0.25) is 4.79 Å². The van der Waals surface area contributed by atoms with E-state index in [1.54, 1.807) is 0 Å². The van der Waals surface area contributed by atoms with Crippen molar-refractivity contribution in [2.24, 2.45) is 0 Å². The standard InChI is InChI=1S/C13H15BrFNO3/c1-2-3-4-11(13(18)19)16-12(17)9-6-5-8(14)7-10(9)15/h5-7,11H,2-4H2,1H3,(H,16,17)(H,18,19). The Hall–Kier alpha value is -1.43. The number of carboxylic acids is 1. The molecular weight excluding hydrogens is 317 g/mol. The molecule has 1 amide bonds. The van der Waals surface area contributed by atoms with Crippen molar-refractivity contribution >= 4 is 27.8 Å². The molecule has 0 saturated carbocycles. The summed E-state index contributed by atoms with van der Waals surface area (Å²) in [6.45, 7) is 1.93. The lowest BCUT2D eigenvalue weighted by Crippen LogP contribution is -2.41. The molecule has 1 unspecified atom stereocenters. The number of carbonyl (C=O) groups is 2. The van der Waals surface area contributed by atoms with E-state index in [9.17, 15) is 14.0 Å². The molecule has 104 valence electrons. The Bertz CT molecular complexity index is 479. The van der Waals surface area contributed by atoms with Gasteiger partial charge in [0.1, 0.15) is 11.9 Å². The molecule has 1 atom stereocenters. The maximum Gasteiger partial charge on any atom is 0.326 e. The molecule has 0 aliphatic rings. The molecule has 2 N–H and O–H groups in total. The number of aliphatic carboxylic acids is 1. The molecule has 0 aromatic heterocycles. The summed E-state index contributed by atoms with van der Waals surface area (Å²) < 4.78 is 14.1. The summed E-state index contributed by atoms with van der Waals surface area (Å²) in [5.74, 6) is -2.51.